The van der Waals surface area contributed by atoms with Crippen LogP contribution in [0, 0.1) is 0 Å². The highest BCUT2D eigenvalue weighted by molar-refractivity contribution is 5.79. The molecule has 5 heteroatoms. The van der Waals surface area contributed by atoms with E-state index >= 15 is 0 Å². The average molecular weight is 370 g/mol. The highest BCUT2D eigenvalue weighted by Gasteiger charge is 2.09. The molecule has 2 rings (SSSR count). The van der Waals surface area contributed by atoms with E-state index in [-0.39, 0.29) is 12.6 Å². The maximum atomic E-state index is 10.5. The van der Waals surface area contributed by atoms with Crippen LogP contribution in [0.15, 0.2) is 59.6 Å². The van der Waals surface area contributed by atoms with Crippen molar-refractivity contribution in [2.24, 2.45) is 4.99 Å². The maximum absolute atomic E-state index is 10.5. The quantitative estimate of drug-likeness (QED) is 0.469. The third-order valence-electron chi connectivity index (χ3n) is 3.93. The number of aliphatic hydroxyl groups is 1. The Labute approximate surface area is 162 Å². The summed E-state index contributed by atoms with van der Waals surface area (Å²) in [6.45, 7) is 7.83. The fourth-order valence-corrected chi connectivity index (χ4v) is 2.66. The number of aliphatic hydroxyl groups excluding tert-OH is 1. The van der Waals surface area contributed by atoms with Gasteiger partial charge < -0.3 is 20.5 Å². The molecule has 2 aromatic rings. The number of ether oxygens (including phenoxy) is 1. The van der Waals surface area contributed by atoms with Crippen LogP contribution in [0.1, 0.15) is 38.0 Å². The Kier molecular flexibility index (Phi) is 8.65. The molecule has 0 aliphatic rings. The Morgan fingerprint density at radius 1 is 1.07 bits per heavy atom. The number of hydrogen-bond donors (Lipinski definition) is 3. The van der Waals surface area contributed by atoms with Gasteiger partial charge in [0.05, 0.1) is 18.8 Å². The lowest BCUT2D eigenvalue weighted by Gasteiger charge is -2.15. The van der Waals surface area contributed by atoms with Crippen molar-refractivity contribution in [3.63, 3.8) is 0 Å². The molecule has 0 aliphatic heterocycles. The van der Waals surface area contributed by atoms with Gasteiger partial charge in [-0.05, 0) is 50.5 Å². The molecule has 0 aliphatic carbocycles. The van der Waals surface area contributed by atoms with E-state index < -0.39 is 6.10 Å². The van der Waals surface area contributed by atoms with Crippen LogP contribution >= 0.6 is 0 Å². The lowest BCUT2D eigenvalue weighted by molar-refractivity contribution is 0.185. The Morgan fingerprint density at radius 3 is 2.56 bits per heavy atom. The predicted octanol–water partition coefficient (Wildman–Crippen LogP) is 3.31. The van der Waals surface area contributed by atoms with Crippen molar-refractivity contribution in [2.45, 2.75) is 39.4 Å². The molecular formula is C22H31N3O2. The topological polar surface area (TPSA) is 65.9 Å². The summed E-state index contributed by atoms with van der Waals surface area (Å²) in [6.07, 6.45) is 0.345. The van der Waals surface area contributed by atoms with Crippen LogP contribution in [0.3, 0.4) is 0 Å². The van der Waals surface area contributed by atoms with Crippen LogP contribution < -0.4 is 15.4 Å². The third-order valence-corrected chi connectivity index (χ3v) is 3.93. The van der Waals surface area contributed by atoms with E-state index in [0.717, 1.165) is 30.8 Å². The summed E-state index contributed by atoms with van der Waals surface area (Å²) in [5, 5.41) is 17.0. The van der Waals surface area contributed by atoms with Gasteiger partial charge in [0.1, 0.15) is 5.75 Å². The number of nitrogens with one attached hydrogen (secondary N) is 2. The van der Waals surface area contributed by atoms with Crippen LogP contribution in [-0.2, 0) is 6.42 Å². The fourth-order valence-electron chi connectivity index (χ4n) is 2.66. The van der Waals surface area contributed by atoms with E-state index in [2.05, 4.69) is 27.8 Å². The summed E-state index contributed by atoms with van der Waals surface area (Å²) in [5.41, 5.74) is 2.08. The Hall–Kier alpha value is -2.53. The summed E-state index contributed by atoms with van der Waals surface area (Å²) in [4.78, 5) is 4.52. The van der Waals surface area contributed by atoms with Crippen molar-refractivity contribution >= 4 is 5.96 Å². The highest BCUT2D eigenvalue weighted by Crippen LogP contribution is 2.20. The van der Waals surface area contributed by atoms with Crippen molar-refractivity contribution < 1.29 is 9.84 Å². The zero-order valence-corrected chi connectivity index (χ0v) is 16.5. The molecule has 1 unspecified atom stereocenters. The third kappa shape index (κ3) is 7.71. The Bertz CT molecular complexity index is 702. The normalized spacial score (nSPS) is 12.7. The van der Waals surface area contributed by atoms with Gasteiger partial charge in [-0.25, -0.2) is 0 Å². The minimum Gasteiger partial charge on any atom is -0.491 e. The first-order valence-electron chi connectivity index (χ1n) is 9.59. The van der Waals surface area contributed by atoms with E-state index in [9.17, 15) is 5.11 Å². The number of rotatable bonds is 9. The molecule has 146 valence electrons. The van der Waals surface area contributed by atoms with E-state index in [1.807, 2.05) is 63.2 Å². The lowest BCUT2D eigenvalue weighted by Crippen LogP contribution is -2.38. The number of nitrogens with zero attached hydrogens (tertiary/aromatic N) is 1. The molecule has 2 aromatic carbocycles. The standard InChI is InChI=1S/C22H31N3O2/c1-4-23-22(24-14-13-18-9-6-5-7-10-18)25-16-21(26)19-11-8-12-20(15-19)27-17(2)3/h5-12,15,17,21,26H,4,13-14,16H2,1-3H3,(H2,23,24,25). The molecule has 5 nitrogen and oxygen atoms in total. The monoisotopic (exact) mass is 369 g/mol. The van der Waals surface area contributed by atoms with Crippen molar-refractivity contribution in [1.82, 2.24) is 10.6 Å². The first kappa shape index (κ1) is 20.8. The Balaban J connectivity index is 1.90. The maximum Gasteiger partial charge on any atom is 0.191 e. The molecular weight excluding hydrogens is 338 g/mol. The summed E-state index contributed by atoms with van der Waals surface area (Å²) in [7, 11) is 0. The average Bonchev–Trinajstić information content (AvgIpc) is 2.66. The van der Waals surface area contributed by atoms with Crippen molar-refractivity contribution in [2.75, 3.05) is 19.6 Å². The van der Waals surface area contributed by atoms with Gasteiger partial charge in [0.2, 0.25) is 0 Å². The van der Waals surface area contributed by atoms with Crippen LogP contribution in [0.4, 0.5) is 0 Å². The van der Waals surface area contributed by atoms with Gasteiger partial charge in [-0.15, -0.1) is 0 Å². The summed E-state index contributed by atoms with van der Waals surface area (Å²) < 4.78 is 5.69. The van der Waals surface area contributed by atoms with Crippen molar-refractivity contribution in [3.05, 3.63) is 65.7 Å². The summed E-state index contributed by atoms with van der Waals surface area (Å²) in [5.74, 6) is 1.47. The van der Waals surface area contributed by atoms with Gasteiger partial charge >= 0.3 is 0 Å². The summed E-state index contributed by atoms with van der Waals surface area (Å²) in [6, 6.07) is 17.9. The molecule has 0 aromatic heterocycles. The van der Waals surface area contributed by atoms with Crippen molar-refractivity contribution in [1.29, 1.82) is 0 Å². The second kappa shape index (κ2) is 11.2. The smallest absolute Gasteiger partial charge is 0.191 e. The minimum atomic E-state index is -0.676. The van der Waals surface area contributed by atoms with Gasteiger partial charge in [0.15, 0.2) is 5.96 Å². The molecule has 0 heterocycles. The van der Waals surface area contributed by atoms with Gasteiger partial charge in [-0.3, -0.25) is 4.99 Å². The second-order valence-electron chi connectivity index (χ2n) is 6.64. The first-order chi connectivity index (χ1) is 13.1. The molecule has 0 saturated carbocycles. The fraction of sp³-hybridized carbons (Fsp3) is 0.409. The molecule has 3 N–H and O–H groups in total. The van der Waals surface area contributed by atoms with Gasteiger partial charge in [-0.2, -0.15) is 0 Å². The lowest BCUT2D eigenvalue weighted by atomic mass is 10.1. The van der Waals surface area contributed by atoms with Crippen LogP contribution in [0.2, 0.25) is 0 Å². The second-order valence-corrected chi connectivity index (χ2v) is 6.64. The molecule has 0 radical (unpaired) electrons. The minimum absolute atomic E-state index is 0.101. The van der Waals surface area contributed by atoms with E-state index in [0.29, 0.717) is 5.96 Å². The van der Waals surface area contributed by atoms with E-state index in [1.54, 1.807) is 0 Å². The van der Waals surface area contributed by atoms with Crippen LogP contribution in [0.5, 0.6) is 5.75 Å². The predicted molar refractivity (Wildman–Crippen MR) is 111 cm³/mol. The van der Waals surface area contributed by atoms with E-state index in [1.165, 1.54) is 5.56 Å². The molecule has 0 saturated heterocycles. The number of benzene rings is 2. The molecule has 1 atom stereocenters. The van der Waals surface area contributed by atoms with Crippen LogP contribution in [0.25, 0.3) is 0 Å². The molecule has 0 amide bonds. The number of guanidine groups is 1. The molecule has 27 heavy (non-hydrogen) atoms. The Morgan fingerprint density at radius 2 is 1.85 bits per heavy atom. The molecule has 0 bridgehead atoms. The molecule has 0 spiro atoms. The number of aliphatic imine (C=N–C) groups is 1. The van der Waals surface area contributed by atoms with E-state index in [4.69, 9.17) is 4.74 Å². The zero-order chi connectivity index (χ0) is 19.5. The largest absolute Gasteiger partial charge is 0.491 e. The number of hydrogen-bond acceptors (Lipinski definition) is 3. The zero-order valence-electron chi connectivity index (χ0n) is 16.5. The van der Waals surface area contributed by atoms with Gasteiger partial charge in [0, 0.05) is 13.1 Å². The van der Waals surface area contributed by atoms with Gasteiger partial charge in [-0.1, -0.05) is 42.5 Å². The van der Waals surface area contributed by atoms with Crippen molar-refractivity contribution in [3.8, 4) is 5.75 Å². The summed E-state index contributed by atoms with van der Waals surface area (Å²) >= 11 is 0. The highest BCUT2D eigenvalue weighted by atomic mass is 16.5. The first-order valence-corrected chi connectivity index (χ1v) is 9.59. The van der Waals surface area contributed by atoms with Crippen LogP contribution in [-0.4, -0.2) is 36.8 Å². The molecule has 0 fully saturated rings. The SMILES string of the molecule is CCNC(=NCC(O)c1cccc(OC(C)C)c1)NCCc1ccccc1. The van der Waals surface area contributed by atoms with Gasteiger partial charge in [0.25, 0.3) is 0 Å².